The van der Waals surface area contributed by atoms with Crippen LogP contribution in [0.1, 0.15) is 37.8 Å². The van der Waals surface area contributed by atoms with Gasteiger partial charge in [-0.05, 0) is 61.2 Å². The van der Waals surface area contributed by atoms with Gasteiger partial charge in [-0.25, -0.2) is 4.98 Å². The smallest absolute Gasteiger partial charge is 0.248 e. The minimum atomic E-state index is -1.16. The summed E-state index contributed by atoms with van der Waals surface area (Å²) in [5.74, 6) is -0.575. The fourth-order valence-electron chi connectivity index (χ4n) is 5.27. The molecular formula is C30H34N6O3S. The number of benzene rings is 2. The van der Waals surface area contributed by atoms with Crippen molar-refractivity contribution in [2.45, 2.75) is 56.3 Å². The van der Waals surface area contributed by atoms with Gasteiger partial charge in [-0.3, -0.25) is 9.59 Å². The van der Waals surface area contributed by atoms with E-state index in [9.17, 15) is 14.4 Å². The van der Waals surface area contributed by atoms with Gasteiger partial charge in [0.25, 0.3) is 0 Å². The van der Waals surface area contributed by atoms with Gasteiger partial charge in [-0.15, -0.1) is 11.3 Å². The maximum Gasteiger partial charge on any atom is 0.248 e. The summed E-state index contributed by atoms with van der Waals surface area (Å²) in [6.07, 6.45) is 6.26. The number of aldehydes is 1. The van der Waals surface area contributed by atoms with Crippen LogP contribution in [0.15, 0.2) is 72.5 Å². The molecule has 5 N–H and O–H groups in total. The normalized spacial score (nSPS) is 17.7. The van der Waals surface area contributed by atoms with Gasteiger partial charge >= 0.3 is 0 Å². The quantitative estimate of drug-likeness (QED) is 0.221. The van der Waals surface area contributed by atoms with Crippen LogP contribution in [0.3, 0.4) is 0 Å². The van der Waals surface area contributed by atoms with Crippen molar-refractivity contribution in [3.8, 4) is 0 Å². The van der Waals surface area contributed by atoms with E-state index in [4.69, 9.17) is 5.73 Å². The fraction of sp³-hybridized carbons (Fsp3) is 0.333. The first kappa shape index (κ1) is 27.7. The molecule has 3 atom stereocenters. The van der Waals surface area contributed by atoms with Crippen LogP contribution in [0, 0.1) is 0 Å². The predicted molar refractivity (Wildman–Crippen MR) is 157 cm³/mol. The van der Waals surface area contributed by atoms with Crippen molar-refractivity contribution in [3.63, 3.8) is 0 Å². The predicted octanol–water partition coefficient (Wildman–Crippen LogP) is 3.20. The van der Waals surface area contributed by atoms with Gasteiger partial charge < -0.3 is 31.0 Å². The summed E-state index contributed by atoms with van der Waals surface area (Å²) in [5, 5.41) is 12.2. The van der Waals surface area contributed by atoms with Gasteiger partial charge in [0.2, 0.25) is 11.8 Å². The van der Waals surface area contributed by atoms with Gasteiger partial charge in [0.05, 0.1) is 11.9 Å². The molecule has 40 heavy (non-hydrogen) atoms. The van der Waals surface area contributed by atoms with E-state index in [0.717, 1.165) is 46.9 Å². The average Bonchev–Trinajstić information content (AvgIpc) is 3.72. The lowest BCUT2D eigenvalue weighted by molar-refractivity contribution is -0.129. The lowest BCUT2D eigenvalue weighted by Crippen LogP contribution is -2.55. The highest BCUT2D eigenvalue weighted by Gasteiger charge is 2.43. The third-order valence-corrected chi connectivity index (χ3v) is 8.47. The Morgan fingerprint density at radius 2 is 1.95 bits per heavy atom. The van der Waals surface area contributed by atoms with E-state index < -0.39 is 28.9 Å². The molecule has 9 nitrogen and oxygen atoms in total. The number of thiophene rings is 1. The molecule has 208 valence electrons. The Balaban J connectivity index is 1.43. The maximum absolute atomic E-state index is 13.6. The van der Waals surface area contributed by atoms with Crippen molar-refractivity contribution >= 4 is 45.3 Å². The Hall–Kier alpha value is -3.86. The number of hydrogen-bond donors (Lipinski definition) is 4. The number of anilines is 1. The zero-order valence-corrected chi connectivity index (χ0v) is 23.4. The SMILES string of the molecule is CC(C)(N)C(=O)N[C@H](Cc1csc2ccccc12)C(=O)Nc1cn(C(C=O)(c2ccccc2)C2CCCN2)cn1. The van der Waals surface area contributed by atoms with Gasteiger partial charge in [0.15, 0.2) is 12.1 Å². The summed E-state index contributed by atoms with van der Waals surface area (Å²) >= 11 is 1.59. The Morgan fingerprint density at radius 3 is 2.65 bits per heavy atom. The number of fused-ring (bicyclic) bond motifs is 1. The Labute approximate surface area is 237 Å². The molecule has 1 aliphatic rings. The molecule has 3 heterocycles. The largest absolute Gasteiger partial charge is 0.342 e. The third-order valence-electron chi connectivity index (χ3n) is 7.46. The van der Waals surface area contributed by atoms with E-state index in [1.807, 2.05) is 60.0 Å². The lowest BCUT2D eigenvalue weighted by Gasteiger charge is -2.36. The zero-order chi connectivity index (χ0) is 28.3. The van der Waals surface area contributed by atoms with Crippen LogP contribution >= 0.6 is 11.3 Å². The Kier molecular flexibility index (Phi) is 7.84. The van der Waals surface area contributed by atoms with Gasteiger partial charge in [0.1, 0.15) is 11.6 Å². The summed E-state index contributed by atoms with van der Waals surface area (Å²) in [6, 6.07) is 16.5. The minimum absolute atomic E-state index is 0.129. The van der Waals surface area contributed by atoms with E-state index >= 15 is 0 Å². The van der Waals surface area contributed by atoms with E-state index in [2.05, 4.69) is 20.9 Å². The molecule has 2 aromatic heterocycles. The highest BCUT2D eigenvalue weighted by Crippen LogP contribution is 2.33. The van der Waals surface area contributed by atoms with Crippen LogP contribution in [0.5, 0.6) is 0 Å². The zero-order valence-electron chi connectivity index (χ0n) is 22.6. The lowest BCUT2D eigenvalue weighted by atomic mass is 9.82. The molecule has 0 bridgehead atoms. The summed E-state index contributed by atoms with van der Waals surface area (Å²) in [7, 11) is 0. The topological polar surface area (TPSA) is 131 Å². The van der Waals surface area contributed by atoms with E-state index in [-0.39, 0.29) is 18.3 Å². The number of carbonyl (C=O) groups is 3. The molecule has 0 saturated carbocycles. The van der Waals surface area contributed by atoms with Crippen LogP contribution in [-0.2, 0) is 26.3 Å². The summed E-state index contributed by atoms with van der Waals surface area (Å²) < 4.78 is 2.86. The number of aromatic nitrogens is 2. The van der Waals surface area contributed by atoms with Crippen LogP contribution in [0.25, 0.3) is 10.1 Å². The first-order valence-corrected chi connectivity index (χ1v) is 14.3. The van der Waals surface area contributed by atoms with Crippen LogP contribution in [-0.4, -0.2) is 51.8 Å². The van der Waals surface area contributed by atoms with Crippen LogP contribution < -0.4 is 21.7 Å². The van der Waals surface area contributed by atoms with Crippen molar-refractivity contribution in [3.05, 3.63) is 83.6 Å². The van der Waals surface area contributed by atoms with Crippen molar-refractivity contribution in [2.24, 2.45) is 5.73 Å². The maximum atomic E-state index is 13.6. The van der Waals surface area contributed by atoms with Gasteiger partial charge in [0, 0.05) is 23.4 Å². The summed E-state index contributed by atoms with van der Waals surface area (Å²) in [5.41, 5.74) is 5.63. The number of nitrogens with one attached hydrogen (secondary N) is 3. The first-order valence-electron chi connectivity index (χ1n) is 13.4. The molecule has 1 fully saturated rings. The number of hydrogen-bond acceptors (Lipinski definition) is 7. The van der Waals surface area contributed by atoms with Crippen molar-refractivity contribution in [2.75, 3.05) is 11.9 Å². The van der Waals surface area contributed by atoms with Gasteiger partial charge in [-0.1, -0.05) is 48.5 Å². The third kappa shape index (κ3) is 5.42. The molecule has 0 radical (unpaired) electrons. The molecule has 2 amide bonds. The molecule has 10 heteroatoms. The number of rotatable bonds is 10. The molecule has 1 aliphatic heterocycles. The summed E-state index contributed by atoms with van der Waals surface area (Å²) in [4.78, 5) is 43.7. The Morgan fingerprint density at radius 1 is 1.20 bits per heavy atom. The van der Waals surface area contributed by atoms with Crippen molar-refractivity contribution in [1.29, 1.82) is 0 Å². The molecule has 2 unspecified atom stereocenters. The molecule has 1 saturated heterocycles. The number of nitrogens with two attached hydrogens (primary N) is 1. The number of nitrogens with zero attached hydrogens (tertiary/aromatic N) is 2. The second-order valence-corrected chi connectivity index (χ2v) is 11.7. The molecule has 0 aliphatic carbocycles. The standard InChI is InChI=1S/C30H34N6O3S/c1-29(2,31)28(39)34-23(15-20-17-40-24-12-7-6-11-22(20)24)27(38)35-26-16-36(19-33-26)30(18-37,25-13-8-14-32-25)21-9-4-3-5-10-21/h3-7,9-12,16-19,23,25,32H,8,13-15,31H2,1-2H3,(H,34,39)(H,35,38)/t23-,25?,30?/m1/s1. The highest BCUT2D eigenvalue weighted by atomic mass is 32.1. The molecule has 2 aromatic carbocycles. The molecular weight excluding hydrogens is 524 g/mol. The van der Waals surface area contributed by atoms with Crippen LogP contribution in [0.4, 0.5) is 5.82 Å². The van der Waals surface area contributed by atoms with Crippen LogP contribution in [0.2, 0.25) is 0 Å². The van der Waals surface area contributed by atoms with E-state index in [1.54, 1.807) is 42.3 Å². The Bertz CT molecular complexity index is 1500. The average molecular weight is 559 g/mol. The molecule has 0 spiro atoms. The van der Waals surface area contributed by atoms with Crippen molar-refractivity contribution in [1.82, 2.24) is 20.2 Å². The second kappa shape index (κ2) is 11.3. The molecule has 4 aromatic rings. The molecule has 5 rings (SSSR count). The van der Waals surface area contributed by atoms with E-state index in [0.29, 0.717) is 0 Å². The number of carbonyl (C=O) groups excluding carboxylic acids is 3. The van der Waals surface area contributed by atoms with Crippen molar-refractivity contribution < 1.29 is 14.4 Å². The monoisotopic (exact) mass is 558 g/mol. The van der Waals surface area contributed by atoms with Gasteiger partial charge in [-0.2, -0.15) is 0 Å². The highest BCUT2D eigenvalue weighted by molar-refractivity contribution is 7.17. The fourth-order valence-corrected chi connectivity index (χ4v) is 6.25. The first-order chi connectivity index (χ1) is 19.2. The summed E-state index contributed by atoms with van der Waals surface area (Å²) in [6.45, 7) is 4.01. The second-order valence-electron chi connectivity index (χ2n) is 10.8. The number of imidazole rings is 1. The minimum Gasteiger partial charge on any atom is -0.342 e. The van der Waals surface area contributed by atoms with E-state index in [1.165, 1.54) is 0 Å². The number of amides is 2.